The third-order valence-corrected chi connectivity index (χ3v) is 3.15. The molecule has 0 aliphatic heterocycles. The van der Waals surface area contributed by atoms with Crippen LogP contribution < -0.4 is 11.5 Å². The van der Waals surface area contributed by atoms with Crippen molar-refractivity contribution < 1.29 is 0 Å². The molecule has 6 N–H and O–H groups in total. The van der Waals surface area contributed by atoms with E-state index >= 15 is 0 Å². The van der Waals surface area contributed by atoms with Gasteiger partial charge in [-0.15, -0.1) is 0 Å². The Labute approximate surface area is 110 Å². The van der Waals surface area contributed by atoms with Gasteiger partial charge in [0, 0.05) is 27.8 Å². The van der Waals surface area contributed by atoms with Gasteiger partial charge in [0.25, 0.3) is 0 Å². The summed E-state index contributed by atoms with van der Waals surface area (Å²) in [4.78, 5) is 3.35. The first-order valence-electron chi connectivity index (χ1n) is 5.96. The molecule has 0 spiro atoms. The summed E-state index contributed by atoms with van der Waals surface area (Å²) < 4.78 is 0. The fraction of sp³-hybridized carbons (Fsp3) is 0. The van der Waals surface area contributed by atoms with Crippen LogP contribution in [0.1, 0.15) is 5.56 Å². The zero-order chi connectivity index (χ0) is 13.4. The summed E-state index contributed by atoms with van der Waals surface area (Å²) in [5.41, 5.74) is 15.8. The molecule has 1 heterocycles. The summed E-state index contributed by atoms with van der Waals surface area (Å²) >= 11 is 0. The largest absolute Gasteiger partial charge is 0.399 e. The van der Waals surface area contributed by atoms with E-state index in [4.69, 9.17) is 16.9 Å². The summed E-state index contributed by atoms with van der Waals surface area (Å²) in [5.74, 6) is 0.0807. The number of H-pyrrole nitrogens is 1. The molecule has 0 fully saturated rings. The second kappa shape index (κ2) is 4.17. The molecular formula is C15H14N4. The van der Waals surface area contributed by atoms with Crippen LogP contribution in [-0.4, -0.2) is 10.8 Å². The van der Waals surface area contributed by atoms with E-state index in [1.807, 2.05) is 48.5 Å². The number of anilines is 1. The van der Waals surface area contributed by atoms with Gasteiger partial charge in [0.1, 0.15) is 5.84 Å². The number of aromatic nitrogens is 1. The molecule has 0 saturated carbocycles. The van der Waals surface area contributed by atoms with E-state index in [9.17, 15) is 0 Å². The van der Waals surface area contributed by atoms with Crippen LogP contribution in [0.2, 0.25) is 0 Å². The van der Waals surface area contributed by atoms with Crippen molar-refractivity contribution in [1.82, 2.24) is 4.98 Å². The van der Waals surface area contributed by atoms with Crippen molar-refractivity contribution >= 4 is 22.4 Å². The van der Waals surface area contributed by atoms with Gasteiger partial charge >= 0.3 is 0 Å². The lowest BCUT2D eigenvalue weighted by molar-refractivity contribution is 1.42. The summed E-state index contributed by atoms with van der Waals surface area (Å²) in [5, 5.41) is 8.50. The molecule has 0 amide bonds. The van der Waals surface area contributed by atoms with Crippen molar-refractivity contribution in [3.8, 4) is 11.3 Å². The number of hydrogen-bond acceptors (Lipinski definition) is 2. The van der Waals surface area contributed by atoms with Crippen molar-refractivity contribution in [2.45, 2.75) is 0 Å². The van der Waals surface area contributed by atoms with Crippen LogP contribution in [0.4, 0.5) is 5.69 Å². The minimum absolute atomic E-state index is 0.0807. The fourth-order valence-corrected chi connectivity index (χ4v) is 2.12. The van der Waals surface area contributed by atoms with Gasteiger partial charge in [-0.05, 0) is 42.0 Å². The number of aromatic amines is 1. The van der Waals surface area contributed by atoms with Crippen molar-refractivity contribution in [1.29, 1.82) is 5.41 Å². The van der Waals surface area contributed by atoms with Gasteiger partial charge in [0.2, 0.25) is 0 Å². The van der Waals surface area contributed by atoms with Crippen molar-refractivity contribution in [2.24, 2.45) is 5.73 Å². The SMILES string of the molecule is N=C(N)c1ccc2[nH]c(-c3ccc(N)cc3)cc2c1. The topological polar surface area (TPSA) is 91.7 Å². The first-order chi connectivity index (χ1) is 9.13. The lowest BCUT2D eigenvalue weighted by Gasteiger charge is -1.98. The van der Waals surface area contributed by atoms with Gasteiger partial charge < -0.3 is 16.5 Å². The third kappa shape index (κ3) is 2.04. The number of nitrogens with one attached hydrogen (secondary N) is 2. The Morgan fingerprint density at radius 1 is 1.00 bits per heavy atom. The van der Waals surface area contributed by atoms with Crippen molar-refractivity contribution in [2.75, 3.05) is 5.73 Å². The molecule has 0 unspecified atom stereocenters. The lowest BCUT2D eigenvalue weighted by Crippen LogP contribution is -2.10. The van der Waals surface area contributed by atoms with Crippen LogP contribution in [-0.2, 0) is 0 Å². The predicted octanol–water partition coefficient (Wildman–Crippen LogP) is 2.70. The maximum Gasteiger partial charge on any atom is 0.122 e. The van der Waals surface area contributed by atoms with Crippen LogP contribution in [0.3, 0.4) is 0 Å². The Bertz CT molecular complexity index is 753. The molecule has 0 radical (unpaired) electrons. The highest BCUT2D eigenvalue weighted by Gasteiger charge is 2.05. The van der Waals surface area contributed by atoms with E-state index in [1.54, 1.807) is 0 Å². The van der Waals surface area contributed by atoms with Gasteiger partial charge in [-0.3, -0.25) is 5.41 Å². The highest BCUT2D eigenvalue weighted by Crippen LogP contribution is 2.25. The molecule has 3 rings (SSSR count). The molecule has 4 heteroatoms. The van der Waals surface area contributed by atoms with Crippen molar-refractivity contribution in [3.63, 3.8) is 0 Å². The number of fused-ring (bicyclic) bond motifs is 1. The van der Waals surface area contributed by atoms with Crippen LogP contribution in [0.15, 0.2) is 48.5 Å². The normalized spacial score (nSPS) is 10.7. The van der Waals surface area contributed by atoms with E-state index in [-0.39, 0.29) is 5.84 Å². The predicted molar refractivity (Wildman–Crippen MR) is 79.2 cm³/mol. The van der Waals surface area contributed by atoms with Crippen LogP contribution in [0, 0.1) is 5.41 Å². The number of nitrogen functional groups attached to an aromatic ring is 2. The molecule has 0 aliphatic carbocycles. The van der Waals surface area contributed by atoms with Crippen LogP contribution in [0.25, 0.3) is 22.2 Å². The quantitative estimate of drug-likeness (QED) is 0.320. The maximum absolute atomic E-state index is 7.46. The second-order valence-electron chi connectivity index (χ2n) is 4.52. The number of nitrogens with two attached hydrogens (primary N) is 2. The van der Waals surface area contributed by atoms with Gasteiger partial charge in [0.15, 0.2) is 0 Å². The van der Waals surface area contributed by atoms with Crippen molar-refractivity contribution in [3.05, 3.63) is 54.1 Å². The average molecular weight is 250 g/mol. The maximum atomic E-state index is 7.46. The molecule has 3 aromatic rings. The van der Waals surface area contributed by atoms with Gasteiger partial charge in [-0.2, -0.15) is 0 Å². The summed E-state index contributed by atoms with van der Waals surface area (Å²) in [6.07, 6.45) is 0. The highest BCUT2D eigenvalue weighted by molar-refractivity contribution is 5.99. The second-order valence-corrected chi connectivity index (χ2v) is 4.52. The summed E-state index contributed by atoms with van der Waals surface area (Å²) in [6.45, 7) is 0. The van der Waals surface area contributed by atoms with Crippen LogP contribution >= 0.6 is 0 Å². The van der Waals surface area contributed by atoms with Gasteiger partial charge in [0.05, 0.1) is 0 Å². The number of rotatable bonds is 2. The van der Waals surface area contributed by atoms with E-state index in [1.165, 1.54) is 0 Å². The summed E-state index contributed by atoms with van der Waals surface area (Å²) in [7, 11) is 0. The lowest BCUT2D eigenvalue weighted by atomic mass is 10.1. The Morgan fingerprint density at radius 2 is 1.74 bits per heavy atom. The molecule has 0 atom stereocenters. The molecule has 1 aromatic heterocycles. The first-order valence-corrected chi connectivity index (χ1v) is 5.96. The summed E-state index contributed by atoms with van der Waals surface area (Å²) in [6, 6.07) is 15.4. The minimum atomic E-state index is 0.0807. The van der Waals surface area contributed by atoms with E-state index in [0.29, 0.717) is 0 Å². The third-order valence-electron chi connectivity index (χ3n) is 3.15. The number of hydrogen-bond donors (Lipinski definition) is 4. The zero-order valence-electron chi connectivity index (χ0n) is 10.3. The molecule has 0 aliphatic rings. The molecule has 2 aromatic carbocycles. The Kier molecular flexibility index (Phi) is 2.49. The Balaban J connectivity index is 2.11. The standard InChI is InChI=1S/C15H14N4/c16-12-4-1-9(2-5-12)14-8-11-7-10(15(17)18)3-6-13(11)19-14/h1-8,19H,16H2,(H3,17,18). The van der Waals surface area contributed by atoms with Gasteiger partial charge in [-0.1, -0.05) is 12.1 Å². The first kappa shape index (κ1) is 11.3. The molecular weight excluding hydrogens is 236 g/mol. The average Bonchev–Trinajstić information content (AvgIpc) is 2.82. The Morgan fingerprint density at radius 3 is 2.42 bits per heavy atom. The number of benzene rings is 2. The Hall–Kier alpha value is -2.75. The molecule has 94 valence electrons. The smallest absolute Gasteiger partial charge is 0.122 e. The number of amidine groups is 1. The molecule has 0 bridgehead atoms. The molecule has 19 heavy (non-hydrogen) atoms. The van der Waals surface area contributed by atoms with E-state index in [2.05, 4.69) is 4.98 Å². The fourth-order valence-electron chi connectivity index (χ4n) is 2.12. The van der Waals surface area contributed by atoms with E-state index < -0.39 is 0 Å². The molecule has 4 nitrogen and oxygen atoms in total. The van der Waals surface area contributed by atoms with E-state index in [0.717, 1.165) is 33.4 Å². The zero-order valence-corrected chi connectivity index (χ0v) is 10.3. The molecule has 0 saturated heterocycles. The monoisotopic (exact) mass is 250 g/mol. The van der Waals surface area contributed by atoms with Gasteiger partial charge in [-0.25, -0.2) is 0 Å². The van der Waals surface area contributed by atoms with Crippen LogP contribution in [0.5, 0.6) is 0 Å². The minimum Gasteiger partial charge on any atom is -0.399 e. The highest BCUT2D eigenvalue weighted by atomic mass is 14.7.